The van der Waals surface area contributed by atoms with Gasteiger partial charge in [0.05, 0.1) is 31.3 Å². The first-order valence-corrected chi connectivity index (χ1v) is 20.9. The van der Waals surface area contributed by atoms with Crippen LogP contribution in [0.25, 0.3) is 0 Å². The smallest absolute Gasteiger partial charge is 0.462 e. The average Bonchev–Trinajstić information content (AvgIpc) is 3.34. The lowest BCUT2D eigenvalue weighted by Gasteiger charge is -2.20. The Labute approximate surface area is 301 Å². The minimum Gasteiger partial charge on any atom is -0.462 e. The third-order valence-corrected chi connectivity index (χ3v) is 9.81. The number of ether oxygens (including phenoxy) is 2. The minimum atomic E-state index is -4.84. The van der Waals surface area contributed by atoms with E-state index in [4.69, 9.17) is 19.3 Å². The lowest BCUT2D eigenvalue weighted by atomic mass is 9.89. The number of phosphoric acid groups is 1. The van der Waals surface area contributed by atoms with Crippen LogP contribution in [-0.2, 0) is 28.2 Å². The molecule has 1 aliphatic carbocycles. The van der Waals surface area contributed by atoms with E-state index in [2.05, 4.69) is 18.4 Å². The second-order valence-electron chi connectivity index (χ2n) is 13.9. The molecule has 50 heavy (non-hydrogen) atoms. The summed E-state index contributed by atoms with van der Waals surface area (Å²) in [7, 11) is -4.84. The van der Waals surface area contributed by atoms with Crippen molar-refractivity contribution in [3.8, 4) is 0 Å². The molecule has 0 saturated heterocycles. The Hall–Kier alpha value is -1.59. The van der Waals surface area contributed by atoms with Crippen LogP contribution in [0.2, 0.25) is 0 Å². The Morgan fingerprint density at radius 3 is 1.90 bits per heavy atom. The van der Waals surface area contributed by atoms with Gasteiger partial charge in [0.1, 0.15) is 6.61 Å². The molecule has 0 aromatic heterocycles. The Balaban J connectivity index is 2.38. The lowest BCUT2D eigenvalue weighted by molar-refractivity contribution is -0.160. The monoisotopic (exact) mass is 732 g/mol. The van der Waals surface area contributed by atoms with Gasteiger partial charge in [0.15, 0.2) is 6.10 Å². The van der Waals surface area contributed by atoms with E-state index in [0.717, 1.165) is 38.5 Å². The van der Waals surface area contributed by atoms with E-state index in [9.17, 15) is 29.5 Å². The molecule has 1 aliphatic rings. The van der Waals surface area contributed by atoms with Gasteiger partial charge < -0.3 is 34.6 Å². The molecule has 0 heterocycles. The molecule has 0 spiro atoms. The molecule has 0 bridgehead atoms. The molecular weight excluding hydrogens is 663 g/mol. The number of unbranched alkanes of at least 4 members (excludes halogenated alkanes) is 15. The predicted octanol–water partition coefficient (Wildman–Crippen LogP) is 7.61. The van der Waals surface area contributed by atoms with Gasteiger partial charge in [-0.05, 0) is 25.2 Å². The summed E-state index contributed by atoms with van der Waals surface area (Å²) in [4.78, 5) is 43.0. The van der Waals surface area contributed by atoms with Crippen LogP contribution >= 0.6 is 7.82 Å². The van der Waals surface area contributed by atoms with Crippen LogP contribution < -0.4 is 0 Å². The molecule has 1 saturated carbocycles. The van der Waals surface area contributed by atoms with Crippen LogP contribution in [0.5, 0.6) is 0 Å². The van der Waals surface area contributed by atoms with Gasteiger partial charge in [-0.1, -0.05) is 141 Å². The second-order valence-corrected chi connectivity index (χ2v) is 15.1. The first kappa shape index (κ1) is 46.4. The van der Waals surface area contributed by atoms with Gasteiger partial charge in [0.25, 0.3) is 0 Å². The molecule has 292 valence electrons. The number of carbonyl (C=O) groups excluding carboxylic acids is 2. The van der Waals surface area contributed by atoms with Gasteiger partial charge >= 0.3 is 19.8 Å². The van der Waals surface area contributed by atoms with Crippen molar-refractivity contribution in [2.24, 2.45) is 11.8 Å². The quantitative estimate of drug-likeness (QED) is 0.0205. The normalized spacial score (nSPS) is 20.9. The Morgan fingerprint density at radius 1 is 0.760 bits per heavy atom. The average molecular weight is 733 g/mol. The molecule has 0 aromatic carbocycles. The van der Waals surface area contributed by atoms with Crippen LogP contribution in [0.1, 0.15) is 155 Å². The van der Waals surface area contributed by atoms with E-state index in [-0.39, 0.29) is 31.1 Å². The van der Waals surface area contributed by atoms with Crippen molar-refractivity contribution in [3.05, 3.63) is 24.3 Å². The van der Waals surface area contributed by atoms with Crippen molar-refractivity contribution >= 4 is 19.8 Å². The first-order chi connectivity index (χ1) is 24.0. The molecule has 12 heteroatoms. The molecule has 0 amide bonds. The molecule has 0 aromatic rings. The summed E-state index contributed by atoms with van der Waals surface area (Å²) in [5.74, 6) is -1.81. The van der Waals surface area contributed by atoms with E-state index in [1.54, 1.807) is 24.3 Å². The van der Waals surface area contributed by atoms with Crippen molar-refractivity contribution < 1.29 is 53.3 Å². The topological polar surface area (TPSA) is 180 Å². The zero-order chi connectivity index (χ0) is 37.0. The first-order valence-electron chi connectivity index (χ1n) is 19.4. The summed E-state index contributed by atoms with van der Waals surface area (Å²) >= 11 is 0. The Kier molecular flexibility index (Phi) is 26.9. The van der Waals surface area contributed by atoms with Crippen LogP contribution in [0, 0.1) is 11.8 Å². The molecule has 1 fully saturated rings. The third kappa shape index (κ3) is 24.6. The highest BCUT2D eigenvalue weighted by Crippen LogP contribution is 2.37. The van der Waals surface area contributed by atoms with Gasteiger partial charge in [-0.3, -0.25) is 14.1 Å². The Bertz CT molecular complexity index is 982. The van der Waals surface area contributed by atoms with Gasteiger partial charge in [0, 0.05) is 18.8 Å². The number of allylic oxidation sites excluding steroid dienone is 1. The van der Waals surface area contributed by atoms with E-state index in [1.807, 2.05) is 0 Å². The highest BCUT2D eigenvalue weighted by atomic mass is 31.2. The van der Waals surface area contributed by atoms with Gasteiger partial charge in [-0.25, -0.2) is 4.57 Å². The third-order valence-electron chi connectivity index (χ3n) is 9.33. The number of carbonyl (C=O) groups is 2. The lowest BCUT2D eigenvalue weighted by Crippen LogP contribution is -2.29. The second kappa shape index (κ2) is 28.9. The highest BCUT2D eigenvalue weighted by molar-refractivity contribution is 7.46. The van der Waals surface area contributed by atoms with E-state index < -0.39 is 57.4 Å². The van der Waals surface area contributed by atoms with E-state index in [1.165, 1.54) is 64.2 Å². The van der Waals surface area contributed by atoms with Crippen molar-refractivity contribution in [2.45, 2.75) is 180 Å². The van der Waals surface area contributed by atoms with Gasteiger partial charge in [0.2, 0.25) is 0 Å². The Morgan fingerprint density at radius 2 is 1.32 bits per heavy atom. The van der Waals surface area contributed by atoms with Gasteiger partial charge in [-0.15, -0.1) is 0 Å². The summed E-state index contributed by atoms with van der Waals surface area (Å²) < 4.78 is 26.3. The van der Waals surface area contributed by atoms with Crippen molar-refractivity contribution in [1.82, 2.24) is 0 Å². The minimum absolute atomic E-state index is 0.165. The fourth-order valence-corrected chi connectivity index (χ4v) is 6.71. The molecule has 0 unspecified atom stereocenters. The SMILES string of the molecule is CCCCCCCCCCCCCCCCC(=O)OC[C@H](COP(=O)(O)O)OC(=O)C/C=C\C[C@H]1[C@@H](/C=C/[C@H](O)CCCCC)[C@H](O)C[C@@H]1O. The molecule has 1 rings (SSSR count). The summed E-state index contributed by atoms with van der Waals surface area (Å²) in [6, 6.07) is 0. The van der Waals surface area contributed by atoms with Crippen LogP contribution in [0.4, 0.5) is 0 Å². The number of rotatable bonds is 31. The zero-order valence-electron chi connectivity index (χ0n) is 30.9. The van der Waals surface area contributed by atoms with Crippen LogP contribution in [0.15, 0.2) is 24.3 Å². The zero-order valence-corrected chi connectivity index (χ0v) is 31.8. The number of esters is 2. The predicted molar refractivity (Wildman–Crippen MR) is 195 cm³/mol. The summed E-state index contributed by atoms with van der Waals surface area (Å²) in [6.45, 7) is 3.30. The maximum atomic E-state index is 12.5. The van der Waals surface area contributed by atoms with Crippen molar-refractivity contribution in [3.63, 3.8) is 0 Å². The van der Waals surface area contributed by atoms with Crippen LogP contribution in [0.3, 0.4) is 0 Å². The van der Waals surface area contributed by atoms with E-state index in [0.29, 0.717) is 19.3 Å². The maximum Gasteiger partial charge on any atom is 0.469 e. The molecule has 5 N–H and O–H groups in total. The molecule has 0 aliphatic heterocycles. The molecule has 0 radical (unpaired) electrons. The van der Waals surface area contributed by atoms with E-state index >= 15 is 0 Å². The largest absolute Gasteiger partial charge is 0.469 e. The molecule has 6 atom stereocenters. The number of hydrogen-bond acceptors (Lipinski definition) is 9. The summed E-state index contributed by atoms with van der Waals surface area (Å²) in [5, 5.41) is 31.1. The number of phosphoric ester groups is 1. The highest BCUT2D eigenvalue weighted by Gasteiger charge is 2.39. The molecule has 11 nitrogen and oxygen atoms in total. The van der Waals surface area contributed by atoms with Crippen molar-refractivity contribution in [1.29, 1.82) is 0 Å². The van der Waals surface area contributed by atoms with Gasteiger partial charge in [-0.2, -0.15) is 0 Å². The summed E-state index contributed by atoms with van der Waals surface area (Å²) in [5.41, 5.74) is 0. The fraction of sp³-hybridized carbons (Fsp3) is 0.842. The maximum absolute atomic E-state index is 12.5. The number of aliphatic hydroxyl groups is 3. The summed E-state index contributed by atoms with van der Waals surface area (Å²) in [6.07, 6.45) is 24.6. The fourth-order valence-electron chi connectivity index (χ4n) is 6.35. The van der Waals surface area contributed by atoms with Crippen molar-refractivity contribution in [2.75, 3.05) is 13.2 Å². The number of aliphatic hydroxyl groups excluding tert-OH is 3. The number of hydrogen-bond donors (Lipinski definition) is 5. The molecular formula is C38H69O11P. The van der Waals surface area contributed by atoms with Crippen LogP contribution in [-0.4, -0.2) is 74.7 Å². The standard InChI is InChI=1S/C38H69O11P/c1-3-5-7-8-9-10-11-12-13-14-15-16-17-19-24-37(42)47-29-32(30-48-50(44,45)46)49-38(43)25-21-20-23-33-34(36(41)28-35(33)40)27-26-31(39)22-18-6-4-2/h20-21,26-27,31-36,39-41H,3-19,22-25,28-30H2,1-2H3,(H2,44,45,46)/b21-20-,27-26+/t31-,32-,33+,34-,35+,36-/m1/s1.